The monoisotopic (exact) mass is 416 g/mol. The topological polar surface area (TPSA) is 75.7 Å². The quantitative estimate of drug-likeness (QED) is 0.394. The fourth-order valence-electron chi connectivity index (χ4n) is 3.89. The highest BCUT2D eigenvalue weighted by atomic mass is 16.5. The molecule has 0 saturated carbocycles. The largest absolute Gasteiger partial charge is 0.425 e. The minimum absolute atomic E-state index is 0.458. The first-order valence-corrected chi connectivity index (χ1v) is 10.1. The van der Waals surface area contributed by atoms with Gasteiger partial charge in [0, 0.05) is 0 Å². The van der Waals surface area contributed by atoms with Crippen molar-refractivity contribution >= 4 is 28.7 Å². The molecule has 0 spiro atoms. The summed E-state index contributed by atoms with van der Waals surface area (Å²) >= 11 is 0. The summed E-state index contributed by atoms with van der Waals surface area (Å²) in [5, 5.41) is 4.74. The Kier molecular flexibility index (Phi) is 5.01. The predicted octanol–water partition coefficient (Wildman–Crippen LogP) is 4.14. The van der Waals surface area contributed by atoms with Crippen LogP contribution in [0.25, 0.3) is 10.8 Å². The van der Waals surface area contributed by atoms with Crippen LogP contribution < -0.4 is 10.1 Å². The summed E-state index contributed by atoms with van der Waals surface area (Å²) in [7, 11) is 0. The zero-order valence-electron chi connectivity index (χ0n) is 18.0. The molecule has 6 heteroatoms. The third kappa shape index (κ3) is 3.54. The van der Waals surface area contributed by atoms with E-state index in [0.717, 1.165) is 32.4 Å². The van der Waals surface area contributed by atoms with Crippen molar-refractivity contribution < 1.29 is 19.1 Å². The van der Waals surface area contributed by atoms with Crippen molar-refractivity contribution in [3.05, 3.63) is 76.9 Å². The number of carbonyl (C=O) groups excluding carboxylic acids is 3. The van der Waals surface area contributed by atoms with E-state index >= 15 is 0 Å². The number of fused-ring (bicyclic) bond motifs is 1. The van der Waals surface area contributed by atoms with Gasteiger partial charge in [-0.2, -0.15) is 0 Å². The number of aryl methyl sites for hydroxylation is 2. The Labute approximate surface area is 180 Å². The standard InChI is InChI=1S/C25H24N2O4/c1-15-9-10-16(2)22(17(15)3)31-21(28)14-27-23(29)25(4,26-24(27)30)20-12-11-18-7-5-6-8-19(18)13-20/h5-13H,14H2,1-4H3,(H,26,30). The lowest BCUT2D eigenvalue weighted by Gasteiger charge is -2.22. The second kappa shape index (κ2) is 7.54. The van der Waals surface area contributed by atoms with E-state index in [0.29, 0.717) is 11.3 Å². The second-order valence-electron chi connectivity index (χ2n) is 8.14. The molecule has 0 radical (unpaired) electrons. The van der Waals surface area contributed by atoms with E-state index in [4.69, 9.17) is 4.74 Å². The van der Waals surface area contributed by atoms with Crippen LogP contribution in [-0.4, -0.2) is 29.4 Å². The summed E-state index contributed by atoms with van der Waals surface area (Å²) in [6.45, 7) is 6.84. The second-order valence-corrected chi connectivity index (χ2v) is 8.14. The van der Waals surface area contributed by atoms with Gasteiger partial charge in [0.05, 0.1) is 0 Å². The van der Waals surface area contributed by atoms with Crippen LogP contribution in [0.3, 0.4) is 0 Å². The van der Waals surface area contributed by atoms with E-state index in [9.17, 15) is 14.4 Å². The summed E-state index contributed by atoms with van der Waals surface area (Å²) in [6.07, 6.45) is 0. The normalized spacial score (nSPS) is 18.4. The van der Waals surface area contributed by atoms with Gasteiger partial charge in [0.15, 0.2) is 0 Å². The Morgan fingerprint density at radius 1 is 0.968 bits per heavy atom. The number of nitrogens with one attached hydrogen (secondary N) is 1. The maximum atomic E-state index is 13.2. The maximum Gasteiger partial charge on any atom is 0.331 e. The van der Waals surface area contributed by atoms with E-state index < -0.39 is 30.0 Å². The number of hydrogen-bond acceptors (Lipinski definition) is 4. The van der Waals surface area contributed by atoms with E-state index in [1.807, 2.05) is 75.4 Å². The van der Waals surface area contributed by atoms with Crippen LogP contribution in [0.4, 0.5) is 4.79 Å². The molecule has 0 bridgehead atoms. The molecule has 6 nitrogen and oxygen atoms in total. The van der Waals surface area contributed by atoms with Crippen molar-refractivity contribution in [2.24, 2.45) is 0 Å². The van der Waals surface area contributed by atoms with Gasteiger partial charge in [-0.1, -0.05) is 48.5 Å². The lowest BCUT2D eigenvalue weighted by atomic mass is 9.90. The minimum atomic E-state index is -1.25. The Morgan fingerprint density at radius 3 is 2.39 bits per heavy atom. The Balaban J connectivity index is 1.56. The molecule has 158 valence electrons. The van der Waals surface area contributed by atoms with Crippen molar-refractivity contribution in [3.8, 4) is 5.75 Å². The van der Waals surface area contributed by atoms with Crippen molar-refractivity contribution in [1.29, 1.82) is 0 Å². The van der Waals surface area contributed by atoms with Crippen molar-refractivity contribution in [2.75, 3.05) is 6.54 Å². The van der Waals surface area contributed by atoms with E-state index in [1.165, 1.54) is 0 Å². The van der Waals surface area contributed by atoms with Crippen LogP contribution in [0, 0.1) is 20.8 Å². The number of imide groups is 1. The van der Waals surface area contributed by atoms with Crippen molar-refractivity contribution in [3.63, 3.8) is 0 Å². The summed E-state index contributed by atoms with van der Waals surface area (Å²) in [5.74, 6) is -0.681. The highest BCUT2D eigenvalue weighted by Crippen LogP contribution is 2.31. The number of carbonyl (C=O) groups is 3. The fourth-order valence-corrected chi connectivity index (χ4v) is 3.89. The van der Waals surface area contributed by atoms with Crippen molar-refractivity contribution in [2.45, 2.75) is 33.2 Å². The fraction of sp³-hybridized carbons (Fsp3) is 0.240. The van der Waals surface area contributed by atoms with Gasteiger partial charge in [-0.3, -0.25) is 9.69 Å². The summed E-state index contributed by atoms with van der Waals surface area (Å²) in [4.78, 5) is 39.3. The Morgan fingerprint density at radius 2 is 1.65 bits per heavy atom. The lowest BCUT2D eigenvalue weighted by molar-refractivity contribution is -0.141. The van der Waals surface area contributed by atoms with Gasteiger partial charge in [-0.15, -0.1) is 0 Å². The van der Waals surface area contributed by atoms with E-state index in [-0.39, 0.29) is 0 Å². The van der Waals surface area contributed by atoms with Gasteiger partial charge in [0.1, 0.15) is 17.8 Å². The first-order valence-electron chi connectivity index (χ1n) is 10.1. The molecule has 1 aliphatic rings. The lowest BCUT2D eigenvalue weighted by Crippen LogP contribution is -2.42. The molecule has 0 aliphatic carbocycles. The summed E-state index contributed by atoms with van der Waals surface area (Å²) < 4.78 is 5.53. The first kappa shape index (κ1) is 20.6. The zero-order chi connectivity index (χ0) is 22.3. The molecule has 4 rings (SSSR count). The van der Waals surface area contributed by atoms with Crippen LogP contribution in [0.1, 0.15) is 29.2 Å². The molecular formula is C25H24N2O4. The Hall–Kier alpha value is -3.67. The zero-order valence-corrected chi connectivity index (χ0v) is 18.0. The average molecular weight is 416 g/mol. The van der Waals surface area contributed by atoms with E-state index in [1.54, 1.807) is 6.92 Å². The van der Waals surface area contributed by atoms with Crippen LogP contribution in [-0.2, 0) is 15.1 Å². The van der Waals surface area contributed by atoms with Gasteiger partial charge in [0.25, 0.3) is 5.91 Å². The number of ether oxygens (including phenoxy) is 1. The van der Waals surface area contributed by atoms with Gasteiger partial charge < -0.3 is 10.1 Å². The molecule has 1 heterocycles. The van der Waals surface area contributed by atoms with Gasteiger partial charge >= 0.3 is 12.0 Å². The number of benzene rings is 3. The Bertz CT molecular complexity index is 1230. The van der Waals surface area contributed by atoms with Crippen LogP contribution in [0.2, 0.25) is 0 Å². The summed E-state index contributed by atoms with van der Waals surface area (Å²) in [5.41, 5.74) is 2.07. The number of rotatable bonds is 4. The van der Waals surface area contributed by atoms with Crippen LogP contribution in [0.5, 0.6) is 5.75 Å². The maximum absolute atomic E-state index is 13.2. The minimum Gasteiger partial charge on any atom is -0.425 e. The number of esters is 1. The smallest absolute Gasteiger partial charge is 0.331 e. The molecule has 3 amide bonds. The van der Waals surface area contributed by atoms with E-state index in [2.05, 4.69) is 5.32 Å². The number of nitrogens with zero attached hydrogens (tertiary/aromatic N) is 1. The molecule has 1 saturated heterocycles. The third-order valence-electron chi connectivity index (χ3n) is 5.98. The number of amides is 3. The molecule has 1 unspecified atom stereocenters. The molecule has 3 aromatic carbocycles. The predicted molar refractivity (Wildman–Crippen MR) is 118 cm³/mol. The van der Waals surface area contributed by atoms with Gasteiger partial charge in [0.2, 0.25) is 0 Å². The van der Waals surface area contributed by atoms with Gasteiger partial charge in [-0.25, -0.2) is 9.59 Å². The number of hydrogen-bond donors (Lipinski definition) is 1. The molecule has 1 aliphatic heterocycles. The third-order valence-corrected chi connectivity index (χ3v) is 5.98. The molecule has 0 aromatic heterocycles. The molecule has 1 N–H and O–H groups in total. The number of urea groups is 1. The molecule has 31 heavy (non-hydrogen) atoms. The van der Waals surface area contributed by atoms with Crippen LogP contribution in [0.15, 0.2) is 54.6 Å². The molecule has 1 atom stereocenters. The molecule has 3 aromatic rings. The average Bonchev–Trinajstić information content (AvgIpc) is 2.97. The SMILES string of the molecule is Cc1ccc(C)c(OC(=O)CN2C(=O)NC(C)(c3ccc4ccccc4c3)C2=O)c1C. The molecule has 1 fully saturated rings. The highest BCUT2D eigenvalue weighted by molar-refractivity contribution is 6.09. The van der Waals surface area contributed by atoms with Gasteiger partial charge in [-0.05, 0) is 66.8 Å². The first-order chi connectivity index (χ1) is 14.7. The molecular weight excluding hydrogens is 392 g/mol. The van der Waals surface area contributed by atoms with Crippen molar-refractivity contribution in [1.82, 2.24) is 10.2 Å². The van der Waals surface area contributed by atoms with Crippen LogP contribution >= 0.6 is 0 Å². The highest BCUT2D eigenvalue weighted by Gasteiger charge is 2.49. The summed E-state index contributed by atoms with van der Waals surface area (Å²) in [6, 6.07) is 16.6.